The number of amides is 4. The van der Waals surface area contributed by atoms with E-state index in [1.54, 1.807) is 0 Å². The van der Waals surface area contributed by atoms with Gasteiger partial charge in [0.25, 0.3) is 23.6 Å². The first kappa shape index (κ1) is 35.4. The van der Waals surface area contributed by atoms with Gasteiger partial charge in [-0.3, -0.25) is 28.5 Å². The third-order valence-corrected chi connectivity index (χ3v) is 9.42. The number of pyridine rings is 1. The molecule has 22 heteroatoms. The van der Waals surface area contributed by atoms with Gasteiger partial charge in [-0.25, -0.2) is 14.1 Å². The van der Waals surface area contributed by atoms with Crippen molar-refractivity contribution in [2.75, 3.05) is 12.3 Å². The number of carboxylic acid groups (broad SMARTS) is 1. The van der Waals surface area contributed by atoms with E-state index in [0.29, 0.717) is 12.1 Å². The van der Waals surface area contributed by atoms with Gasteiger partial charge in [-0.05, 0) is 24.6 Å². The monoisotopic (exact) mass is 732 g/mol. The number of H-pyrrole nitrogens is 1. The molecule has 4 amide bonds. The molecule has 0 bridgehead atoms. The van der Waals surface area contributed by atoms with E-state index >= 15 is 0 Å². The summed E-state index contributed by atoms with van der Waals surface area (Å²) in [6, 6.07) is 3.25. The molecule has 2 aliphatic rings. The van der Waals surface area contributed by atoms with Gasteiger partial charge in [-0.15, -0.1) is 11.3 Å². The number of β-lactam (4-membered cyclic amide) rings is 1. The molecule has 0 radical (unpaired) electrons. The van der Waals surface area contributed by atoms with Crippen LogP contribution in [-0.4, -0.2) is 97.0 Å². The Hall–Kier alpha value is -5.87. The molecule has 1 saturated carbocycles. The minimum atomic E-state index is -5.16. The number of hydrogen-bond donors (Lipinski definition) is 8. The van der Waals surface area contributed by atoms with Crippen molar-refractivity contribution in [3.05, 3.63) is 74.6 Å². The fourth-order valence-electron chi connectivity index (χ4n) is 4.93. The molecule has 2 aromatic heterocycles. The van der Waals surface area contributed by atoms with E-state index < -0.39 is 81.0 Å². The molecular formula is C28H28N8O12S2. The topological polar surface area (TPSA) is 313 Å². The fraction of sp³-hybridized carbons (Fsp3) is 0.286. The highest BCUT2D eigenvalue weighted by atomic mass is 32.2. The summed E-state index contributed by atoms with van der Waals surface area (Å²) < 4.78 is 33.7. The highest BCUT2D eigenvalue weighted by Crippen LogP contribution is 2.36. The maximum Gasteiger partial charge on any atom is 0.362 e. The number of aliphatic carboxylic acids is 1. The van der Waals surface area contributed by atoms with Gasteiger partial charge in [0.2, 0.25) is 11.0 Å². The summed E-state index contributed by atoms with van der Waals surface area (Å²) in [7, 11) is -5.16. The third kappa shape index (κ3) is 7.40. The standard InChI is InChI=1S/C28H28N8O12S2/c29-27-33-16(12-49-27)20(35-48-28(26(43)44)5-2-6-28)24(41)34-21-17(36(25(21)42)50(45,46)47)10-32-23(40)14-4-1-3-13(7-14)22(39)31-9-15-8-18(37)19(38)11-30-15/h1,3-4,7-8,11-12,17,21,38H,2,5-6,9-10H2,(H2,29,33)(H,30,37)(H,31,39)(H,32,40)(H,34,41)(H,43,44)(H,45,46,47). The van der Waals surface area contributed by atoms with E-state index in [0.717, 1.165) is 23.6 Å². The second-order valence-electron chi connectivity index (χ2n) is 11.1. The zero-order valence-electron chi connectivity index (χ0n) is 25.5. The summed E-state index contributed by atoms with van der Waals surface area (Å²) in [5, 5.41) is 31.2. The van der Waals surface area contributed by atoms with E-state index in [-0.39, 0.29) is 45.6 Å². The molecule has 2 atom stereocenters. The summed E-state index contributed by atoms with van der Waals surface area (Å²) in [5.74, 6) is -5.65. The lowest BCUT2D eigenvalue weighted by Gasteiger charge is -2.44. The zero-order chi connectivity index (χ0) is 36.4. The molecule has 5 rings (SSSR count). The van der Waals surface area contributed by atoms with Crippen LogP contribution in [0.15, 0.2) is 51.9 Å². The number of hydrogen-bond acceptors (Lipinski definition) is 14. The van der Waals surface area contributed by atoms with E-state index in [9.17, 15) is 52.0 Å². The van der Waals surface area contributed by atoms with Gasteiger partial charge in [-0.2, -0.15) is 8.42 Å². The van der Waals surface area contributed by atoms with E-state index in [2.05, 4.69) is 31.1 Å². The lowest BCUT2D eigenvalue weighted by molar-refractivity contribution is -0.178. The quantitative estimate of drug-likeness (QED) is 0.0439. The number of benzene rings is 1. The van der Waals surface area contributed by atoms with E-state index in [1.807, 2.05) is 0 Å². The van der Waals surface area contributed by atoms with Gasteiger partial charge >= 0.3 is 16.3 Å². The van der Waals surface area contributed by atoms with Crippen LogP contribution in [-0.2, 0) is 36.1 Å². The number of carbonyl (C=O) groups excluding carboxylic acids is 4. The van der Waals surface area contributed by atoms with Crippen molar-refractivity contribution < 1.29 is 52.0 Å². The number of aromatic amines is 1. The molecule has 264 valence electrons. The number of rotatable bonds is 13. The lowest BCUT2D eigenvalue weighted by Crippen LogP contribution is -2.74. The van der Waals surface area contributed by atoms with Crippen LogP contribution < -0.4 is 27.1 Å². The second-order valence-corrected chi connectivity index (χ2v) is 13.2. The lowest BCUT2D eigenvalue weighted by atomic mass is 9.80. The van der Waals surface area contributed by atoms with E-state index in [4.69, 9.17) is 10.6 Å². The number of carbonyl (C=O) groups is 5. The van der Waals surface area contributed by atoms with Gasteiger partial charge in [0.05, 0.1) is 12.6 Å². The maximum absolute atomic E-state index is 13.4. The van der Waals surface area contributed by atoms with Crippen molar-refractivity contribution in [1.82, 2.24) is 30.2 Å². The Kier molecular flexibility index (Phi) is 9.87. The number of nitrogens with one attached hydrogen (secondary N) is 4. The van der Waals surface area contributed by atoms with Gasteiger partial charge in [0, 0.05) is 53.9 Å². The van der Waals surface area contributed by atoms with E-state index in [1.165, 1.54) is 29.6 Å². The SMILES string of the molecule is Nc1nc(C(=NOC2(C(=O)O)CCC2)C(=O)NC2C(=O)N(S(=O)(=O)O)C2CNC(=O)c2cccc(C(=O)NCc3cc(=O)c(O)c[nH]3)c2)cs1. The number of oxime groups is 1. The van der Waals surface area contributed by atoms with Crippen molar-refractivity contribution >= 4 is 62.1 Å². The minimum absolute atomic E-state index is 0.0187. The molecule has 3 aromatic rings. The summed E-state index contributed by atoms with van der Waals surface area (Å²) in [4.78, 5) is 87.1. The third-order valence-electron chi connectivity index (χ3n) is 7.80. The molecule has 1 aliphatic heterocycles. The number of nitrogens with zero attached hydrogens (tertiary/aromatic N) is 3. The first-order valence-corrected chi connectivity index (χ1v) is 16.8. The fourth-order valence-corrected chi connectivity index (χ4v) is 6.36. The molecule has 9 N–H and O–H groups in total. The Labute approximate surface area is 285 Å². The van der Waals surface area contributed by atoms with Gasteiger partial charge in [0.1, 0.15) is 11.7 Å². The van der Waals surface area contributed by atoms with Crippen LogP contribution in [0.2, 0.25) is 0 Å². The molecule has 50 heavy (non-hydrogen) atoms. The zero-order valence-corrected chi connectivity index (χ0v) is 27.1. The first-order chi connectivity index (χ1) is 23.6. The number of aromatic nitrogens is 2. The highest BCUT2D eigenvalue weighted by molar-refractivity contribution is 7.84. The molecule has 1 saturated heterocycles. The Morgan fingerprint density at radius 1 is 1.14 bits per heavy atom. The summed E-state index contributed by atoms with van der Waals surface area (Å²) in [5.41, 5.74) is 2.90. The molecule has 20 nitrogen and oxygen atoms in total. The largest absolute Gasteiger partial charge is 0.503 e. The van der Waals surface area contributed by atoms with Crippen LogP contribution in [0.4, 0.5) is 5.13 Å². The van der Waals surface area contributed by atoms with Crippen LogP contribution in [0.3, 0.4) is 0 Å². The molecular weight excluding hydrogens is 704 g/mol. The summed E-state index contributed by atoms with van der Waals surface area (Å²) >= 11 is 0.920. The van der Waals surface area contributed by atoms with Crippen LogP contribution in [0.25, 0.3) is 0 Å². The van der Waals surface area contributed by atoms with Crippen molar-refractivity contribution in [1.29, 1.82) is 0 Å². The maximum atomic E-state index is 13.4. The van der Waals surface area contributed by atoms with Crippen molar-refractivity contribution in [2.45, 2.75) is 43.5 Å². The summed E-state index contributed by atoms with van der Waals surface area (Å²) in [6.07, 6.45) is 1.82. The smallest absolute Gasteiger partial charge is 0.362 e. The van der Waals surface area contributed by atoms with Gasteiger partial charge < -0.3 is 41.7 Å². The van der Waals surface area contributed by atoms with Crippen molar-refractivity contribution in [3.63, 3.8) is 0 Å². The van der Waals surface area contributed by atoms with Crippen LogP contribution in [0.1, 0.15) is 51.4 Å². The number of thiazole rings is 1. The summed E-state index contributed by atoms with van der Waals surface area (Å²) in [6.45, 7) is -0.734. The molecule has 1 aromatic carbocycles. The molecule has 2 fully saturated rings. The van der Waals surface area contributed by atoms with Crippen LogP contribution >= 0.6 is 11.3 Å². The normalized spacial score (nSPS) is 18.3. The average molecular weight is 733 g/mol. The molecule has 2 unspecified atom stereocenters. The van der Waals surface area contributed by atoms with Crippen molar-refractivity contribution in [3.8, 4) is 5.75 Å². The number of nitrogen functional groups attached to an aromatic ring is 1. The minimum Gasteiger partial charge on any atom is -0.503 e. The second kappa shape index (κ2) is 13.9. The van der Waals surface area contributed by atoms with Crippen LogP contribution in [0, 0.1) is 0 Å². The molecule has 3 heterocycles. The molecule has 0 spiro atoms. The Bertz CT molecular complexity index is 2080. The number of nitrogens with two attached hydrogens (primary N) is 1. The first-order valence-electron chi connectivity index (χ1n) is 14.5. The van der Waals surface area contributed by atoms with Crippen molar-refractivity contribution in [2.24, 2.45) is 5.16 Å². The highest BCUT2D eigenvalue weighted by Gasteiger charge is 2.54. The Morgan fingerprint density at radius 3 is 2.38 bits per heavy atom. The Balaban J connectivity index is 1.28. The number of aromatic hydroxyl groups is 1. The van der Waals surface area contributed by atoms with Crippen LogP contribution in [0.5, 0.6) is 5.75 Å². The van der Waals surface area contributed by atoms with Gasteiger partial charge in [-0.1, -0.05) is 11.2 Å². The predicted molar refractivity (Wildman–Crippen MR) is 171 cm³/mol. The van der Waals surface area contributed by atoms with Gasteiger partial charge in [0.15, 0.2) is 16.6 Å². The average Bonchev–Trinajstić information content (AvgIpc) is 3.47. The predicted octanol–water partition coefficient (Wildman–Crippen LogP) is -1.29. The Morgan fingerprint density at radius 2 is 1.82 bits per heavy atom. The molecule has 1 aliphatic carbocycles. The number of carboxylic acids is 1. The number of anilines is 1.